The summed E-state index contributed by atoms with van der Waals surface area (Å²) in [5, 5.41) is 2.92. The highest BCUT2D eigenvalue weighted by Gasteiger charge is 2.23. The summed E-state index contributed by atoms with van der Waals surface area (Å²) in [6.45, 7) is 6.39. The maximum absolute atomic E-state index is 12.1. The summed E-state index contributed by atoms with van der Waals surface area (Å²) in [5.74, 6) is 0.494. The number of carbonyl (C=O) groups excluding carboxylic acids is 1. The zero-order valence-corrected chi connectivity index (χ0v) is 12.6. The van der Waals surface area contributed by atoms with Gasteiger partial charge in [0.25, 0.3) is 5.91 Å². The molecule has 106 valence electrons. The Labute approximate surface area is 125 Å². The highest BCUT2D eigenvalue weighted by Crippen LogP contribution is 2.33. The summed E-state index contributed by atoms with van der Waals surface area (Å²) in [4.78, 5) is 12.1. The molecule has 0 bridgehead atoms. The Bertz CT molecular complexity index is 724. The van der Waals surface area contributed by atoms with Gasteiger partial charge in [0.15, 0.2) is 0 Å². The van der Waals surface area contributed by atoms with Gasteiger partial charge in [-0.25, -0.2) is 0 Å². The van der Waals surface area contributed by atoms with Gasteiger partial charge >= 0.3 is 0 Å². The highest BCUT2D eigenvalue weighted by atomic mass is 16.2. The minimum atomic E-state index is -0.0245. The normalized spacial score (nSPS) is 15.4. The number of aryl methyl sites for hydroxylation is 1. The second-order valence-electron chi connectivity index (χ2n) is 5.88. The summed E-state index contributed by atoms with van der Waals surface area (Å²) in [5.41, 5.74) is 6.16. The van der Waals surface area contributed by atoms with Crippen molar-refractivity contribution in [2.24, 2.45) is 0 Å². The highest BCUT2D eigenvalue weighted by molar-refractivity contribution is 6.34. The van der Waals surface area contributed by atoms with Crippen molar-refractivity contribution < 1.29 is 4.79 Å². The first-order valence-corrected chi connectivity index (χ1v) is 7.28. The lowest BCUT2D eigenvalue weighted by Crippen LogP contribution is -2.03. The number of rotatable bonds is 2. The summed E-state index contributed by atoms with van der Waals surface area (Å²) >= 11 is 0. The number of carbonyl (C=O) groups is 1. The van der Waals surface area contributed by atoms with E-state index in [0.717, 1.165) is 28.0 Å². The Morgan fingerprint density at radius 1 is 1.05 bits per heavy atom. The van der Waals surface area contributed by atoms with Gasteiger partial charge in [-0.2, -0.15) is 0 Å². The molecule has 2 aromatic rings. The van der Waals surface area contributed by atoms with Gasteiger partial charge in [-0.15, -0.1) is 0 Å². The van der Waals surface area contributed by atoms with E-state index < -0.39 is 0 Å². The third-order valence-corrected chi connectivity index (χ3v) is 3.87. The van der Waals surface area contributed by atoms with E-state index in [0.29, 0.717) is 5.92 Å². The standard InChI is InChI=1S/C19H19NO/c1-12(2)15-7-5-14(6-8-15)11-17-16-10-13(3)4-9-18(16)20-19(17)21/h4-12H,1-3H3,(H,20,21)/b17-11+. The maximum atomic E-state index is 12.1. The molecule has 1 aliphatic heterocycles. The molecule has 1 aliphatic rings. The first-order valence-electron chi connectivity index (χ1n) is 7.28. The molecule has 1 N–H and O–H groups in total. The molecule has 0 unspecified atom stereocenters. The van der Waals surface area contributed by atoms with Crippen LogP contribution in [0.2, 0.25) is 0 Å². The molecule has 21 heavy (non-hydrogen) atoms. The average Bonchev–Trinajstić information content (AvgIpc) is 2.76. The Kier molecular flexibility index (Phi) is 3.38. The van der Waals surface area contributed by atoms with Crippen molar-refractivity contribution in [3.63, 3.8) is 0 Å². The number of amides is 1. The van der Waals surface area contributed by atoms with E-state index in [2.05, 4.69) is 49.5 Å². The van der Waals surface area contributed by atoms with Gasteiger partial charge in [0.2, 0.25) is 0 Å². The molecule has 0 fully saturated rings. The van der Waals surface area contributed by atoms with Crippen LogP contribution in [0.4, 0.5) is 5.69 Å². The summed E-state index contributed by atoms with van der Waals surface area (Å²) in [7, 11) is 0. The minimum absolute atomic E-state index is 0.0245. The molecule has 2 heteroatoms. The molecule has 3 rings (SSSR count). The third kappa shape index (κ3) is 2.62. The number of nitrogens with one attached hydrogen (secondary N) is 1. The van der Waals surface area contributed by atoms with Crippen LogP contribution in [0.15, 0.2) is 42.5 Å². The average molecular weight is 277 g/mol. The predicted molar refractivity (Wildman–Crippen MR) is 88.2 cm³/mol. The Hall–Kier alpha value is -2.35. The zero-order chi connectivity index (χ0) is 15.0. The van der Waals surface area contributed by atoms with E-state index in [9.17, 15) is 4.79 Å². The topological polar surface area (TPSA) is 29.1 Å². The van der Waals surface area contributed by atoms with Gasteiger partial charge in [0.1, 0.15) is 0 Å². The van der Waals surface area contributed by atoms with Gasteiger partial charge in [-0.05, 0) is 42.2 Å². The van der Waals surface area contributed by atoms with Crippen molar-refractivity contribution >= 4 is 23.2 Å². The Balaban J connectivity index is 2.00. The van der Waals surface area contributed by atoms with Crippen molar-refractivity contribution in [2.45, 2.75) is 26.7 Å². The molecule has 1 heterocycles. The van der Waals surface area contributed by atoms with Gasteiger partial charge < -0.3 is 5.32 Å². The third-order valence-electron chi connectivity index (χ3n) is 3.87. The van der Waals surface area contributed by atoms with Crippen LogP contribution < -0.4 is 5.32 Å². The van der Waals surface area contributed by atoms with E-state index in [1.807, 2.05) is 25.1 Å². The lowest BCUT2D eigenvalue weighted by atomic mass is 9.99. The van der Waals surface area contributed by atoms with Crippen LogP contribution in [-0.2, 0) is 4.79 Å². The lowest BCUT2D eigenvalue weighted by molar-refractivity contribution is -0.110. The number of anilines is 1. The fraction of sp³-hybridized carbons (Fsp3) is 0.211. The van der Waals surface area contributed by atoms with Crippen LogP contribution in [0, 0.1) is 6.92 Å². The molecule has 0 aliphatic carbocycles. The Morgan fingerprint density at radius 3 is 2.43 bits per heavy atom. The number of benzene rings is 2. The van der Waals surface area contributed by atoms with Crippen molar-refractivity contribution in [3.8, 4) is 0 Å². The SMILES string of the molecule is Cc1ccc2c(c1)/C(=C\c1ccc(C(C)C)cc1)C(=O)N2. The molecule has 0 spiro atoms. The molecular weight excluding hydrogens is 258 g/mol. The van der Waals surface area contributed by atoms with Gasteiger partial charge in [0, 0.05) is 16.8 Å². The molecule has 0 atom stereocenters. The van der Waals surface area contributed by atoms with Crippen molar-refractivity contribution in [3.05, 3.63) is 64.7 Å². The molecule has 1 amide bonds. The number of fused-ring (bicyclic) bond motifs is 1. The van der Waals surface area contributed by atoms with Crippen LogP contribution in [-0.4, -0.2) is 5.91 Å². The van der Waals surface area contributed by atoms with E-state index in [1.54, 1.807) is 0 Å². The first kappa shape index (κ1) is 13.6. The monoisotopic (exact) mass is 277 g/mol. The van der Waals surface area contributed by atoms with Crippen molar-refractivity contribution in [1.82, 2.24) is 0 Å². The fourth-order valence-electron chi connectivity index (χ4n) is 2.59. The second kappa shape index (κ2) is 5.21. The molecule has 0 saturated heterocycles. The predicted octanol–water partition coefficient (Wildman–Crippen LogP) is 4.61. The van der Waals surface area contributed by atoms with Gasteiger partial charge in [0.05, 0.1) is 0 Å². The first-order chi connectivity index (χ1) is 10.0. The summed E-state index contributed by atoms with van der Waals surface area (Å²) in [6.07, 6.45) is 1.96. The minimum Gasteiger partial charge on any atom is -0.321 e. The number of hydrogen-bond donors (Lipinski definition) is 1. The van der Waals surface area contributed by atoms with Crippen LogP contribution >= 0.6 is 0 Å². The van der Waals surface area contributed by atoms with E-state index in [4.69, 9.17) is 0 Å². The lowest BCUT2D eigenvalue weighted by Gasteiger charge is -2.05. The quantitative estimate of drug-likeness (QED) is 0.798. The van der Waals surface area contributed by atoms with E-state index >= 15 is 0 Å². The Morgan fingerprint density at radius 2 is 1.76 bits per heavy atom. The van der Waals surface area contributed by atoms with Gasteiger partial charge in [-0.3, -0.25) is 4.79 Å². The van der Waals surface area contributed by atoms with Crippen molar-refractivity contribution in [2.75, 3.05) is 5.32 Å². The van der Waals surface area contributed by atoms with E-state index in [-0.39, 0.29) is 5.91 Å². The molecular formula is C19H19NO. The van der Waals surface area contributed by atoms with Gasteiger partial charge in [-0.1, -0.05) is 49.7 Å². The summed E-state index contributed by atoms with van der Waals surface area (Å²) < 4.78 is 0. The smallest absolute Gasteiger partial charge is 0.256 e. The van der Waals surface area contributed by atoms with Crippen LogP contribution in [0.1, 0.15) is 42.0 Å². The fourth-order valence-corrected chi connectivity index (χ4v) is 2.59. The van der Waals surface area contributed by atoms with Crippen LogP contribution in [0.5, 0.6) is 0 Å². The molecule has 0 saturated carbocycles. The largest absolute Gasteiger partial charge is 0.321 e. The van der Waals surface area contributed by atoms with Crippen LogP contribution in [0.3, 0.4) is 0 Å². The zero-order valence-electron chi connectivity index (χ0n) is 12.6. The summed E-state index contributed by atoms with van der Waals surface area (Å²) in [6, 6.07) is 14.4. The maximum Gasteiger partial charge on any atom is 0.256 e. The molecule has 0 radical (unpaired) electrons. The second-order valence-corrected chi connectivity index (χ2v) is 5.88. The molecule has 2 aromatic carbocycles. The number of hydrogen-bond acceptors (Lipinski definition) is 1. The van der Waals surface area contributed by atoms with Crippen molar-refractivity contribution in [1.29, 1.82) is 0 Å². The molecule has 0 aromatic heterocycles. The molecule has 2 nitrogen and oxygen atoms in total. The van der Waals surface area contributed by atoms with E-state index in [1.165, 1.54) is 5.56 Å². The van der Waals surface area contributed by atoms with Crippen LogP contribution in [0.25, 0.3) is 11.6 Å².